The Morgan fingerprint density at radius 1 is 0.778 bits per heavy atom. The summed E-state index contributed by atoms with van der Waals surface area (Å²) in [6.45, 7) is 0. The molecule has 1 aromatic heterocycles. The maximum Gasteiger partial charge on any atom is 0.122 e. The molecule has 130 valence electrons. The summed E-state index contributed by atoms with van der Waals surface area (Å²) in [6.07, 6.45) is 0.841. The zero-order valence-corrected chi connectivity index (χ0v) is 14.7. The van der Waals surface area contributed by atoms with E-state index >= 15 is 0 Å². The SMILES string of the molecule is OC(c1ccccc1)c1c(-c2ccccc2)ncn1C#Cc1ccccc1. The van der Waals surface area contributed by atoms with Crippen LogP contribution in [-0.2, 0) is 0 Å². The van der Waals surface area contributed by atoms with Crippen LogP contribution in [0, 0.1) is 12.0 Å². The number of aromatic nitrogens is 2. The van der Waals surface area contributed by atoms with Gasteiger partial charge in [-0.3, -0.25) is 4.57 Å². The van der Waals surface area contributed by atoms with E-state index in [0.717, 1.165) is 22.4 Å². The van der Waals surface area contributed by atoms with E-state index in [-0.39, 0.29) is 0 Å². The first kappa shape index (κ1) is 16.8. The summed E-state index contributed by atoms with van der Waals surface area (Å²) in [7, 11) is 0. The molecule has 3 nitrogen and oxygen atoms in total. The van der Waals surface area contributed by atoms with Crippen molar-refractivity contribution in [2.24, 2.45) is 0 Å². The Bertz CT molecular complexity index is 1070. The van der Waals surface area contributed by atoms with Crippen molar-refractivity contribution in [1.82, 2.24) is 9.55 Å². The largest absolute Gasteiger partial charge is 0.382 e. The van der Waals surface area contributed by atoms with Crippen molar-refractivity contribution in [3.8, 4) is 23.2 Å². The van der Waals surface area contributed by atoms with Gasteiger partial charge in [-0.1, -0.05) is 78.9 Å². The van der Waals surface area contributed by atoms with Gasteiger partial charge >= 0.3 is 0 Å². The zero-order valence-electron chi connectivity index (χ0n) is 14.7. The topological polar surface area (TPSA) is 38.1 Å². The van der Waals surface area contributed by atoms with Crippen LogP contribution in [-0.4, -0.2) is 14.7 Å². The minimum Gasteiger partial charge on any atom is -0.382 e. The van der Waals surface area contributed by atoms with Gasteiger partial charge in [0.25, 0.3) is 0 Å². The monoisotopic (exact) mass is 350 g/mol. The summed E-state index contributed by atoms with van der Waals surface area (Å²) in [6, 6.07) is 32.3. The van der Waals surface area contributed by atoms with Crippen molar-refractivity contribution in [3.63, 3.8) is 0 Å². The van der Waals surface area contributed by atoms with E-state index in [0.29, 0.717) is 5.69 Å². The van der Waals surface area contributed by atoms with Crippen LogP contribution in [0.2, 0.25) is 0 Å². The van der Waals surface area contributed by atoms with Gasteiger partial charge in [0.15, 0.2) is 0 Å². The molecule has 27 heavy (non-hydrogen) atoms. The van der Waals surface area contributed by atoms with Gasteiger partial charge in [0, 0.05) is 17.2 Å². The molecule has 1 N–H and O–H groups in total. The van der Waals surface area contributed by atoms with Crippen molar-refractivity contribution in [2.75, 3.05) is 0 Å². The fourth-order valence-corrected chi connectivity index (χ4v) is 2.97. The molecule has 1 atom stereocenters. The fraction of sp³-hybridized carbons (Fsp3) is 0.0417. The number of benzene rings is 3. The lowest BCUT2D eigenvalue weighted by atomic mass is 10.0. The second-order valence-electron chi connectivity index (χ2n) is 6.13. The highest BCUT2D eigenvalue weighted by Crippen LogP contribution is 2.30. The summed E-state index contributed by atoms with van der Waals surface area (Å²) >= 11 is 0. The van der Waals surface area contributed by atoms with E-state index < -0.39 is 6.10 Å². The summed E-state index contributed by atoms with van der Waals surface area (Å²) in [5.74, 6) is 3.13. The number of imidazole rings is 1. The van der Waals surface area contributed by atoms with E-state index in [4.69, 9.17) is 0 Å². The third-order valence-corrected chi connectivity index (χ3v) is 4.32. The van der Waals surface area contributed by atoms with Crippen LogP contribution in [0.5, 0.6) is 0 Å². The molecule has 0 saturated carbocycles. The number of aliphatic hydroxyl groups excluding tert-OH is 1. The van der Waals surface area contributed by atoms with Crippen LogP contribution in [0.15, 0.2) is 97.3 Å². The minimum absolute atomic E-state index is 0.663. The van der Waals surface area contributed by atoms with Crippen LogP contribution in [0.1, 0.15) is 22.9 Å². The van der Waals surface area contributed by atoms with Crippen LogP contribution >= 0.6 is 0 Å². The van der Waals surface area contributed by atoms with Gasteiger partial charge in [0.1, 0.15) is 12.4 Å². The molecular formula is C24H18N2O. The van der Waals surface area contributed by atoms with Gasteiger partial charge in [-0.15, -0.1) is 0 Å². The molecule has 0 amide bonds. The summed E-state index contributed by atoms with van der Waals surface area (Å²) < 4.78 is 1.72. The molecule has 1 heterocycles. The first-order chi connectivity index (χ1) is 13.3. The van der Waals surface area contributed by atoms with E-state index in [1.807, 2.05) is 91.0 Å². The Kier molecular flexibility index (Phi) is 4.82. The Balaban J connectivity index is 1.83. The molecule has 0 bridgehead atoms. The van der Waals surface area contributed by atoms with Crippen molar-refractivity contribution in [2.45, 2.75) is 6.10 Å². The van der Waals surface area contributed by atoms with Crippen molar-refractivity contribution >= 4 is 0 Å². The van der Waals surface area contributed by atoms with Gasteiger partial charge in [-0.25, -0.2) is 4.98 Å². The predicted molar refractivity (Wildman–Crippen MR) is 107 cm³/mol. The zero-order chi connectivity index (χ0) is 18.5. The van der Waals surface area contributed by atoms with Crippen LogP contribution in [0.3, 0.4) is 0 Å². The van der Waals surface area contributed by atoms with Gasteiger partial charge in [0.2, 0.25) is 0 Å². The van der Waals surface area contributed by atoms with Crippen LogP contribution < -0.4 is 0 Å². The molecule has 0 saturated heterocycles. The highest BCUT2D eigenvalue weighted by molar-refractivity contribution is 5.63. The van der Waals surface area contributed by atoms with Gasteiger partial charge in [-0.05, 0) is 23.6 Å². The van der Waals surface area contributed by atoms with E-state index in [1.54, 1.807) is 10.9 Å². The summed E-state index contributed by atoms with van der Waals surface area (Å²) in [4.78, 5) is 4.55. The summed E-state index contributed by atoms with van der Waals surface area (Å²) in [5.41, 5.74) is 4.05. The Hall–Kier alpha value is -3.61. The average molecular weight is 350 g/mol. The molecule has 0 spiro atoms. The van der Waals surface area contributed by atoms with E-state index in [2.05, 4.69) is 16.9 Å². The Morgan fingerprint density at radius 2 is 1.37 bits per heavy atom. The van der Waals surface area contributed by atoms with Crippen molar-refractivity contribution in [1.29, 1.82) is 0 Å². The van der Waals surface area contributed by atoms with Gasteiger partial charge < -0.3 is 5.11 Å². The quantitative estimate of drug-likeness (QED) is 0.553. The molecular weight excluding hydrogens is 332 g/mol. The predicted octanol–water partition coefficient (Wildman–Crippen LogP) is 4.49. The molecule has 1 unspecified atom stereocenters. The molecule has 3 heteroatoms. The second-order valence-corrected chi connectivity index (χ2v) is 6.13. The first-order valence-corrected chi connectivity index (χ1v) is 8.75. The fourth-order valence-electron chi connectivity index (χ4n) is 2.97. The average Bonchev–Trinajstić information content (AvgIpc) is 3.17. The number of nitrogens with zero attached hydrogens (tertiary/aromatic N) is 2. The second kappa shape index (κ2) is 7.74. The lowest BCUT2D eigenvalue weighted by Gasteiger charge is -2.13. The molecule has 3 aromatic carbocycles. The van der Waals surface area contributed by atoms with Gasteiger partial charge in [-0.2, -0.15) is 0 Å². The number of aliphatic hydroxyl groups is 1. The normalized spacial score (nSPS) is 11.4. The van der Waals surface area contributed by atoms with E-state index in [1.165, 1.54) is 0 Å². The highest BCUT2D eigenvalue weighted by Gasteiger charge is 2.21. The minimum atomic E-state index is -0.825. The summed E-state index contributed by atoms with van der Waals surface area (Å²) in [5, 5.41) is 11.1. The maximum atomic E-state index is 11.1. The molecule has 0 radical (unpaired) electrons. The standard InChI is InChI=1S/C24H18N2O/c27-24(21-14-8-3-9-15-21)23-22(20-12-6-2-7-13-20)25-18-26(23)17-16-19-10-4-1-5-11-19/h1-15,18,24,27H. The lowest BCUT2D eigenvalue weighted by molar-refractivity contribution is 0.214. The molecule has 0 aliphatic carbocycles. The lowest BCUT2D eigenvalue weighted by Crippen LogP contribution is -2.07. The van der Waals surface area contributed by atoms with Crippen molar-refractivity contribution < 1.29 is 5.11 Å². The Labute approximate surface area is 158 Å². The van der Waals surface area contributed by atoms with Gasteiger partial charge in [0.05, 0.1) is 11.4 Å². The molecule has 4 aromatic rings. The molecule has 4 rings (SSSR count). The molecule has 0 aliphatic rings. The van der Waals surface area contributed by atoms with Crippen LogP contribution in [0.4, 0.5) is 0 Å². The highest BCUT2D eigenvalue weighted by atomic mass is 16.3. The van der Waals surface area contributed by atoms with E-state index in [9.17, 15) is 5.11 Å². The number of hydrogen-bond donors (Lipinski definition) is 1. The Morgan fingerprint density at radius 3 is 2.04 bits per heavy atom. The maximum absolute atomic E-state index is 11.1. The number of rotatable bonds is 3. The van der Waals surface area contributed by atoms with Crippen LogP contribution in [0.25, 0.3) is 11.3 Å². The number of hydrogen-bond acceptors (Lipinski definition) is 2. The smallest absolute Gasteiger partial charge is 0.122 e. The first-order valence-electron chi connectivity index (χ1n) is 8.75. The van der Waals surface area contributed by atoms with Crippen molar-refractivity contribution in [3.05, 3.63) is 114 Å². The molecule has 0 fully saturated rings. The third kappa shape index (κ3) is 3.67. The molecule has 0 aliphatic heterocycles. The third-order valence-electron chi connectivity index (χ3n) is 4.32.